The number of aryl methyl sites for hydroxylation is 2. The van der Waals surface area contributed by atoms with E-state index in [9.17, 15) is 14.7 Å². The van der Waals surface area contributed by atoms with Crippen LogP contribution in [0, 0.1) is 5.92 Å². The monoisotopic (exact) mass is 655 g/mol. The van der Waals surface area contributed by atoms with Crippen LogP contribution in [0.3, 0.4) is 0 Å². The number of aromatic nitrogens is 3. The van der Waals surface area contributed by atoms with E-state index in [1.807, 2.05) is 85.9 Å². The first-order valence-corrected chi connectivity index (χ1v) is 15.6. The molecule has 6 rings (SSSR count). The van der Waals surface area contributed by atoms with Gasteiger partial charge in [-0.3, -0.25) is 19.2 Å². The molecule has 0 aliphatic carbocycles. The highest BCUT2D eigenvalue weighted by atomic mass is 79.9. The van der Waals surface area contributed by atoms with Crippen LogP contribution >= 0.6 is 15.9 Å². The van der Waals surface area contributed by atoms with Crippen molar-refractivity contribution in [1.82, 2.24) is 15.0 Å². The molecule has 0 saturated carbocycles. The number of aliphatic hydroxyl groups is 2. The van der Waals surface area contributed by atoms with Crippen molar-refractivity contribution in [3.63, 3.8) is 0 Å². The van der Waals surface area contributed by atoms with Gasteiger partial charge in [-0.2, -0.15) is 0 Å². The van der Waals surface area contributed by atoms with Gasteiger partial charge >= 0.3 is 0 Å². The summed E-state index contributed by atoms with van der Waals surface area (Å²) in [5, 5.41) is 29.2. The summed E-state index contributed by atoms with van der Waals surface area (Å²) in [6, 6.07) is 21.2. The standard InChI is InChI=1S/C34H34BrN5O4/c1-23(6-4-5-18-38-22-27(17-19-41)36-37-38)34(44)29-20-26(35)12-15-31(29)39(33(34)43)21-24-9-13-28(14-10-24)40-30-8-3-2-7-25(30)11-16-32(40)42/h2-4,6-10,12-15,20,22-23,41,44H,5,11,16-19,21H2,1H3/b6-4+/t23-,34+/m0/s1. The molecule has 0 saturated heterocycles. The van der Waals surface area contributed by atoms with Gasteiger partial charge < -0.3 is 15.1 Å². The molecule has 2 aliphatic heterocycles. The lowest BCUT2D eigenvalue weighted by Crippen LogP contribution is -2.44. The zero-order chi connectivity index (χ0) is 30.8. The summed E-state index contributed by atoms with van der Waals surface area (Å²) in [5.41, 5.74) is 3.96. The van der Waals surface area contributed by atoms with Crippen molar-refractivity contribution in [1.29, 1.82) is 0 Å². The molecule has 0 spiro atoms. The van der Waals surface area contributed by atoms with E-state index in [0.717, 1.165) is 39.1 Å². The second-order valence-electron chi connectivity index (χ2n) is 11.3. The number of carbonyl (C=O) groups is 2. The van der Waals surface area contributed by atoms with Gasteiger partial charge in [0.1, 0.15) is 0 Å². The molecule has 3 heterocycles. The molecule has 226 valence electrons. The third-order valence-corrected chi connectivity index (χ3v) is 8.91. The summed E-state index contributed by atoms with van der Waals surface area (Å²) in [6.07, 6.45) is 7.93. The van der Waals surface area contributed by atoms with Gasteiger partial charge in [-0.15, -0.1) is 5.10 Å². The van der Waals surface area contributed by atoms with Gasteiger partial charge in [-0.25, -0.2) is 0 Å². The highest BCUT2D eigenvalue weighted by Gasteiger charge is 2.52. The second-order valence-corrected chi connectivity index (χ2v) is 12.2. The Hall–Kier alpha value is -4.12. The Kier molecular flexibility index (Phi) is 8.48. The van der Waals surface area contributed by atoms with Crippen molar-refractivity contribution < 1.29 is 19.8 Å². The van der Waals surface area contributed by atoms with E-state index in [2.05, 4.69) is 32.3 Å². The molecule has 1 aromatic heterocycles. The zero-order valence-corrected chi connectivity index (χ0v) is 26.0. The number of anilines is 3. The topological polar surface area (TPSA) is 112 Å². The maximum Gasteiger partial charge on any atom is 0.264 e. The lowest BCUT2D eigenvalue weighted by Gasteiger charge is -2.30. The number of halogens is 1. The number of fused-ring (bicyclic) bond motifs is 2. The van der Waals surface area contributed by atoms with Crippen LogP contribution in [0.1, 0.15) is 42.1 Å². The van der Waals surface area contributed by atoms with Gasteiger partial charge in [-0.05, 0) is 60.4 Å². The number of aliphatic hydroxyl groups excluding tert-OH is 1. The van der Waals surface area contributed by atoms with Crippen LogP contribution in [-0.4, -0.2) is 43.6 Å². The summed E-state index contributed by atoms with van der Waals surface area (Å²) < 4.78 is 2.50. The Morgan fingerprint density at radius 1 is 1.05 bits per heavy atom. The predicted octanol–water partition coefficient (Wildman–Crippen LogP) is 5.20. The van der Waals surface area contributed by atoms with E-state index in [4.69, 9.17) is 5.11 Å². The van der Waals surface area contributed by atoms with Crippen molar-refractivity contribution in [3.05, 3.63) is 112 Å². The Morgan fingerprint density at radius 3 is 2.64 bits per heavy atom. The maximum atomic E-state index is 14.0. The van der Waals surface area contributed by atoms with Crippen LogP contribution in [-0.2, 0) is 41.1 Å². The minimum Gasteiger partial charge on any atom is -0.396 e. The van der Waals surface area contributed by atoms with Gasteiger partial charge in [-0.1, -0.05) is 70.6 Å². The fraction of sp³-hybridized carbons (Fsp3) is 0.294. The number of hydrogen-bond acceptors (Lipinski definition) is 6. The number of amides is 2. The van der Waals surface area contributed by atoms with E-state index in [-0.39, 0.29) is 25.0 Å². The Morgan fingerprint density at radius 2 is 1.84 bits per heavy atom. The van der Waals surface area contributed by atoms with E-state index in [1.54, 1.807) is 14.5 Å². The van der Waals surface area contributed by atoms with Crippen LogP contribution < -0.4 is 9.80 Å². The lowest BCUT2D eigenvalue weighted by molar-refractivity contribution is -0.139. The van der Waals surface area contributed by atoms with Crippen LogP contribution in [0.4, 0.5) is 17.1 Å². The minimum absolute atomic E-state index is 0.0251. The zero-order valence-electron chi connectivity index (χ0n) is 24.4. The number of nitrogens with zero attached hydrogens (tertiary/aromatic N) is 5. The van der Waals surface area contributed by atoms with Crippen molar-refractivity contribution in [2.75, 3.05) is 16.4 Å². The van der Waals surface area contributed by atoms with Crippen molar-refractivity contribution in [3.8, 4) is 0 Å². The van der Waals surface area contributed by atoms with Crippen LogP contribution in [0.2, 0.25) is 0 Å². The molecule has 0 unspecified atom stereocenters. The normalized spacial score (nSPS) is 18.6. The average molecular weight is 657 g/mol. The number of hydrogen-bond donors (Lipinski definition) is 2. The fourth-order valence-electron chi connectivity index (χ4n) is 6.04. The highest BCUT2D eigenvalue weighted by Crippen LogP contribution is 2.47. The highest BCUT2D eigenvalue weighted by molar-refractivity contribution is 9.10. The SMILES string of the molecule is C[C@@H](/C=C/CCn1cc(CCO)nn1)[C@]1(O)C(=O)N(Cc2ccc(N3C(=O)CCc4ccccc43)cc2)c2ccc(Br)cc21. The summed E-state index contributed by atoms with van der Waals surface area (Å²) in [6.45, 7) is 2.74. The maximum absolute atomic E-state index is 14.0. The van der Waals surface area contributed by atoms with Gasteiger partial charge in [0.15, 0.2) is 5.60 Å². The van der Waals surface area contributed by atoms with Crippen molar-refractivity contribution in [2.45, 2.75) is 51.3 Å². The first kappa shape index (κ1) is 29.9. The third kappa shape index (κ3) is 5.60. The smallest absolute Gasteiger partial charge is 0.264 e. The third-order valence-electron chi connectivity index (χ3n) is 8.42. The van der Waals surface area contributed by atoms with Gasteiger partial charge in [0.25, 0.3) is 5.91 Å². The number of allylic oxidation sites excluding steroid dienone is 1. The van der Waals surface area contributed by atoms with E-state index < -0.39 is 11.5 Å². The lowest BCUT2D eigenvalue weighted by atomic mass is 9.83. The van der Waals surface area contributed by atoms with Crippen LogP contribution in [0.25, 0.3) is 0 Å². The summed E-state index contributed by atoms with van der Waals surface area (Å²) in [7, 11) is 0. The molecule has 10 heteroatoms. The molecular formula is C34H34BrN5O4. The summed E-state index contributed by atoms with van der Waals surface area (Å²) in [4.78, 5) is 30.3. The van der Waals surface area contributed by atoms with E-state index in [0.29, 0.717) is 37.1 Å². The molecule has 0 bridgehead atoms. The minimum atomic E-state index is -1.74. The van der Waals surface area contributed by atoms with Gasteiger partial charge in [0.2, 0.25) is 5.91 Å². The molecule has 2 aliphatic rings. The first-order chi connectivity index (χ1) is 21.3. The van der Waals surface area contributed by atoms with Crippen molar-refractivity contribution in [2.24, 2.45) is 5.92 Å². The molecule has 0 radical (unpaired) electrons. The Balaban J connectivity index is 1.19. The molecule has 0 fully saturated rings. The average Bonchev–Trinajstić information content (AvgIpc) is 3.56. The molecule has 9 nitrogen and oxygen atoms in total. The van der Waals surface area contributed by atoms with E-state index >= 15 is 0 Å². The summed E-state index contributed by atoms with van der Waals surface area (Å²) in [5.74, 6) is -0.816. The fourth-order valence-corrected chi connectivity index (χ4v) is 6.40. The molecule has 3 aromatic carbocycles. The Bertz CT molecular complexity index is 1720. The summed E-state index contributed by atoms with van der Waals surface area (Å²) >= 11 is 3.51. The quantitative estimate of drug-likeness (QED) is 0.227. The van der Waals surface area contributed by atoms with Gasteiger partial charge in [0.05, 0.1) is 23.6 Å². The van der Waals surface area contributed by atoms with Crippen LogP contribution in [0.15, 0.2) is 89.6 Å². The number of para-hydroxylation sites is 1. The van der Waals surface area contributed by atoms with Crippen LogP contribution in [0.5, 0.6) is 0 Å². The number of benzene rings is 3. The molecule has 44 heavy (non-hydrogen) atoms. The molecule has 2 amide bonds. The molecule has 2 atom stereocenters. The van der Waals surface area contributed by atoms with E-state index in [1.165, 1.54) is 0 Å². The van der Waals surface area contributed by atoms with Crippen molar-refractivity contribution >= 4 is 44.8 Å². The Labute approximate surface area is 264 Å². The van der Waals surface area contributed by atoms with Gasteiger partial charge in [0, 0.05) is 53.8 Å². The molecule has 4 aromatic rings. The first-order valence-electron chi connectivity index (χ1n) is 14.8. The number of carbonyl (C=O) groups excluding carboxylic acids is 2. The molecular weight excluding hydrogens is 622 g/mol. The predicted molar refractivity (Wildman–Crippen MR) is 171 cm³/mol. The molecule has 2 N–H and O–H groups in total. The number of rotatable bonds is 10. The second kappa shape index (κ2) is 12.5. The largest absolute Gasteiger partial charge is 0.396 e.